The Morgan fingerprint density at radius 3 is 2.77 bits per heavy atom. The lowest BCUT2D eigenvalue weighted by Crippen LogP contribution is -2.28. The van der Waals surface area contributed by atoms with Crippen molar-refractivity contribution in [3.8, 4) is 11.3 Å². The fourth-order valence-electron chi connectivity index (χ4n) is 4.34. The number of ketones is 1. The van der Waals surface area contributed by atoms with Crippen LogP contribution in [0.15, 0.2) is 30.6 Å². The van der Waals surface area contributed by atoms with Gasteiger partial charge in [0.1, 0.15) is 11.6 Å². The van der Waals surface area contributed by atoms with Crippen molar-refractivity contribution in [2.45, 2.75) is 46.0 Å². The summed E-state index contributed by atoms with van der Waals surface area (Å²) in [6.45, 7) is 1.27. The van der Waals surface area contributed by atoms with Crippen molar-refractivity contribution in [3.05, 3.63) is 53.2 Å². The van der Waals surface area contributed by atoms with Crippen LogP contribution in [0, 0.1) is 18.7 Å². The molecule has 2 N–H and O–H groups in total. The molecule has 4 heterocycles. The molecule has 1 saturated carbocycles. The van der Waals surface area contributed by atoms with Crippen molar-refractivity contribution in [2.24, 2.45) is 5.92 Å². The van der Waals surface area contributed by atoms with Gasteiger partial charge in [0.25, 0.3) is 0 Å². The number of rotatable bonds is 6. The molecule has 1 fully saturated rings. The highest BCUT2D eigenvalue weighted by Crippen LogP contribution is 2.47. The highest BCUT2D eigenvalue weighted by atomic mass is 19.1. The van der Waals surface area contributed by atoms with Crippen LogP contribution in [0.2, 0.25) is 0 Å². The number of nitrogens with zero attached hydrogens (tertiary/aromatic N) is 4. The quantitative estimate of drug-likeness (QED) is 0.472. The molecule has 1 aliphatic carbocycles. The summed E-state index contributed by atoms with van der Waals surface area (Å²) < 4.78 is 36.6. The smallest absolute Gasteiger partial charge is 0.228 e. The summed E-state index contributed by atoms with van der Waals surface area (Å²) in [6.07, 6.45) is 3.40. The van der Waals surface area contributed by atoms with Crippen LogP contribution in [0.25, 0.3) is 11.3 Å². The Bertz CT molecular complexity index is 1460. The first-order chi connectivity index (χ1) is 17.9. The van der Waals surface area contributed by atoms with Crippen molar-refractivity contribution in [2.75, 3.05) is 22.6 Å². The SMILES string of the molecule is [2H]C([2H])([2H])CC(=O)c1cnc(NC(=O)C2CC2)cc1Nc1nc(C)cc2c1N(C)[C@@H](C)c1cc(F)cnc1-2. The first kappa shape index (κ1) is 19.4. The molecular weight excluding hydrogens is 447 g/mol. The van der Waals surface area contributed by atoms with Gasteiger partial charge < -0.3 is 15.5 Å². The van der Waals surface area contributed by atoms with Crippen molar-refractivity contribution in [1.82, 2.24) is 15.0 Å². The summed E-state index contributed by atoms with van der Waals surface area (Å²) in [6, 6.07) is 4.62. The van der Waals surface area contributed by atoms with Gasteiger partial charge in [0.15, 0.2) is 11.6 Å². The van der Waals surface area contributed by atoms with Crippen LogP contribution in [0.3, 0.4) is 0 Å². The average molecular weight is 478 g/mol. The minimum Gasteiger partial charge on any atom is -0.364 e. The molecular formula is C26H27FN6O2. The lowest BCUT2D eigenvalue weighted by atomic mass is 9.93. The average Bonchev–Trinajstić information content (AvgIpc) is 3.67. The molecule has 1 amide bonds. The number of fused-ring (bicyclic) bond motifs is 3. The lowest BCUT2D eigenvalue weighted by molar-refractivity contribution is -0.117. The van der Waals surface area contributed by atoms with E-state index < -0.39 is 24.9 Å². The molecule has 1 aliphatic heterocycles. The van der Waals surface area contributed by atoms with Crippen LogP contribution in [0.5, 0.6) is 0 Å². The minimum atomic E-state index is -2.46. The van der Waals surface area contributed by atoms with Crippen molar-refractivity contribution in [3.63, 3.8) is 0 Å². The van der Waals surface area contributed by atoms with E-state index in [1.54, 1.807) is 6.92 Å². The third kappa shape index (κ3) is 4.22. The second-order valence-electron chi connectivity index (χ2n) is 8.99. The van der Waals surface area contributed by atoms with Crippen LogP contribution >= 0.6 is 0 Å². The van der Waals surface area contributed by atoms with Gasteiger partial charge >= 0.3 is 0 Å². The molecule has 0 spiro atoms. The Labute approximate surface area is 207 Å². The molecule has 3 aromatic heterocycles. The molecule has 35 heavy (non-hydrogen) atoms. The number of nitrogens with one attached hydrogen (secondary N) is 2. The third-order valence-electron chi connectivity index (χ3n) is 6.46. The molecule has 2 aliphatic rings. The first-order valence-electron chi connectivity index (χ1n) is 12.9. The van der Waals surface area contributed by atoms with Crippen LogP contribution in [-0.2, 0) is 4.79 Å². The summed E-state index contributed by atoms with van der Waals surface area (Å²) in [5.41, 5.74) is 3.77. The molecule has 5 rings (SSSR count). The van der Waals surface area contributed by atoms with E-state index in [1.807, 2.05) is 24.9 Å². The second-order valence-corrected chi connectivity index (χ2v) is 8.99. The minimum absolute atomic E-state index is 0.0527. The number of carbonyl (C=O) groups excluding carboxylic acids is 2. The lowest BCUT2D eigenvalue weighted by Gasteiger charge is -2.36. The summed E-state index contributed by atoms with van der Waals surface area (Å²) in [5.74, 6) is -0.611. The van der Waals surface area contributed by atoms with E-state index in [0.29, 0.717) is 22.9 Å². The van der Waals surface area contributed by atoms with E-state index in [1.165, 1.54) is 24.5 Å². The summed E-state index contributed by atoms with van der Waals surface area (Å²) in [4.78, 5) is 40.5. The van der Waals surface area contributed by atoms with E-state index in [4.69, 9.17) is 4.11 Å². The summed E-state index contributed by atoms with van der Waals surface area (Å²) >= 11 is 0. The van der Waals surface area contributed by atoms with Crippen molar-refractivity contribution in [1.29, 1.82) is 0 Å². The van der Waals surface area contributed by atoms with Gasteiger partial charge in [-0.2, -0.15) is 0 Å². The number of Topliss-reactive ketones (excluding diaryl/α,β-unsaturated/α-hetero) is 1. The van der Waals surface area contributed by atoms with Gasteiger partial charge in [-0.3, -0.25) is 14.6 Å². The number of hydrogen-bond donors (Lipinski definition) is 2. The topological polar surface area (TPSA) is 100 Å². The molecule has 0 radical (unpaired) electrons. The number of halogens is 1. The molecule has 0 bridgehead atoms. The highest BCUT2D eigenvalue weighted by Gasteiger charge is 2.32. The normalized spacial score (nSPS) is 18.0. The van der Waals surface area contributed by atoms with Gasteiger partial charge in [0.2, 0.25) is 5.91 Å². The molecule has 0 unspecified atom stereocenters. The van der Waals surface area contributed by atoms with Gasteiger partial charge in [-0.15, -0.1) is 0 Å². The van der Waals surface area contributed by atoms with E-state index in [0.717, 1.165) is 24.0 Å². The van der Waals surface area contributed by atoms with Gasteiger partial charge in [-0.25, -0.2) is 14.4 Å². The van der Waals surface area contributed by atoms with Gasteiger partial charge in [-0.1, -0.05) is 6.85 Å². The predicted molar refractivity (Wildman–Crippen MR) is 132 cm³/mol. The van der Waals surface area contributed by atoms with Crippen LogP contribution < -0.4 is 15.5 Å². The maximum absolute atomic E-state index is 14.0. The molecule has 1 atom stereocenters. The standard InChI is InChI=1S/C26H27FN6O2/c1-5-21(34)19-12-28-22(32-26(35)15-6-7-15)10-20(19)31-25-24-18(8-13(2)30-25)23-17(14(3)33(24)4)9-16(27)11-29-23/h8-12,14-15H,5-7H2,1-4H3,(H2,28,30,31,32,35)/t14-/m0/s1/i1D3. The number of pyridine rings is 3. The number of anilines is 4. The van der Waals surface area contributed by atoms with Crippen LogP contribution in [0.4, 0.5) is 27.4 Å². The van der Waals surface area contributed by atoms with Gasteiger partial charge in [0.05, 0.1) is 34.9 Å². The Balaban J connectivity index is 1.60. The maximum Gasteiger partial charge on any atom is 0.228 e. The number of aromatic nitrogens is 3. The molecule has 9 heteroatoms. The zero-order valence-corrected chi connectivity index (χ0v) is 19.6. The Kier molecular flexibility index (Phi) is 4.84. The maximum atomic E-state index is 14.0. The van der Waals surface area contributed by atoms with Gasteiger partial charge in [0, 0.05) is 52.6 Å². The summed E-state index contributed by atoms with van der Waals surface area (Å²) in [7, 11) is 1.86. The van der Waals surface area contributed by atoms with E-state index >= 15 is 0 Å². The van der Waals surface area contributed by atoms with Crippen molar-refractivity contribution < 1.29 is 18.1 Å². The van der Waals surface area contributed by atoms with E-state index in [-0.39, 0.29) is 34.9 Å². The monoisotopic (exact) mass is 477 g/mol. The Morgan fingerprint density at radius 1 is 1.23 bits per heavy atom. The molecule has 8 nitrogen and oxygen atoms in total. The molecule has 3 aromatic rings. The molecule has 0 aromatic carbocycles. The second kappa shape index (κ2) is 8.72. The molecule has 180 valence electrons. The van der Waals surface area contributed by atoms with E-state index in [9.17, 15) is 14.0 Å². The highest BCUT2D eigenvalue weighted by molar-refractivity contribution is 6.03. The largest absolute Gasteiger partial charge is 0.364 e. The summed E-state index contributed by atoms with van der Waals surface area (Å²) in [5, 5.41) is 5.97. The number of amides is 1. The number of aryl methyl sites for hydroxylation is 1. The number of carbonyl (C=O) groups is 2. The zero-order valence-electron chi connectivity index (χ0n) is 22.6. The van der Waals surface area contributed by atoms with E-state index in [2.05, 4.69) is 25.6 Å². The third-order valence-corrected chi connectivity index (χ3v) is 6.46. The van der Waals surface area contributed by atoms with Crippen molar-refractivity contribution >= 4 is 34.7 Å². The zero-order chi connectivity index (χ0) is 27.4. The fraction of sp³-hybridized carbons (Fsp3) is 0.346. The predicted octanol–water partition coefficient (Wildman–Crippen LogP) is 5.18. The Hall–Kier alpha value is -3.88. The van der Waals surface area contributed by atoms with Gasteiger partial charge in [-0.05, 0) is 38.8 Å². The number of hydrogen-bond acceptors (Lipinski definition) is 7. The van der Waals surface area contributed by atoms with Crippen LogP contribution in [-0.4, -0.2) is 33.7 Å². The Morgan fingerprint density at radius 2 is 2.03 bits per heavy atom. The fourth-order valence-corrected chi connectivity index (χ4v) is 4.34. The molecule has 0 saturated heterocycles. The first-order valence-corrected chi connectivity index (χ1v) is 11.4. The van der Waals surface area contributed by atoms with Crippen LogP contribution in [0.1, 0.15) is 64.8 Å².